The third-order valence-corrected chi connectivity index (χ3v) is 2.06. The van der Waals surface area contributed by atoms with Gasteiger partial charge in [0.05, 0.1) is 0 Å². The van der Waals surface area contributed by atoms with Crippen LogP contribution in [0.5, 0.6) is 0 Å². The van der Waals surface area contributed by atoms with E-state index in [1.54, 1.807) is 6.92 Å². The van der Waals surface area contributed by atoms with Crippen molar-refractivity contribution in [1.82, 2.24) is 10.2 Å². The smallest absolute Gasteiger partial charge is 0.219 e. The normalized spacial score (nSPS) is 21.6. The van der Waals surface area contributed by atoms with Crippen LogP contribution in [0.15, 0.2) is 0 Å². The van der Waals surface area contributed by atoms with Crippen molar-refractivity contribution in [3.05, 3.63) is 0 Å². The molecule has 0 aromatic rings. The van der Waals surface area contributed by atoms with E-state index < -0.39 is 5.60 Å². The highest BCUT2D eigenvalue weighted by Gasteiger charge is 2.38. The molecule has 0 aliphatic carbocycles. The molecule has 1 saturated heterocycles. The van der Waals surface area contributed by atoms with Crippen LogP contribution in [-0.2, 0) is 4.79 Å². The van der Waals surface area contributed by atoms with Crippen LogP contribution in [0, 0.1) is 0 Å². The number of hydrogen-bond donors (Lipinski definition) is 2. The van der Waals surface area contributed by atoms with E-state index in [9.17, 15) is 9.90 Å². The van der Waals surface area contributed by atoms with E-state index in [4.69, 9.17) is 0 Å². The number of β-amino-alcohol motifs (C(OH)–C–C–N with tert-alkyl or cyclic N) is 1. The number of amides is 1. The minimum absolute atomic E-state index is 0.00187. The summed E-state index contributed by atoms with van der Waals surface area (Å²) in [4.78, 5) is 12.9. The number of rotatable bonds is 3. The summed E-state index contributed by atoms with van der Waals surface area (Å²) in [6, 6.07) is 0. The quantitative estimate of drug-likeness (QED) is 0.585. The van der Waals surface area contributed by atoms with Gasteiger partial charge in [0, 0.05) is 26.1 Å². The van der Waals surface area contributed by atoms with E-state index in [2.05, 4.69) is 5.32 Å². The van der Waals surface area contributed by atoms with Gasteiger partial charge in [0.15, 0.2) is 0 Å². The number of hydrogen-bond acceptors (Lipinski definition) is 3. The first-order valence-corrected chi connectivity index (χ1v) is 4.23. The third-order valence-electron chi connectivity index (χ3n) is 2.06. The molecule has 0 radical (unpaired) electrons. The molecule has 1 aliphatic rings. The summed E-state index contributed by atoms with van der Waals surface area (Å²) >= 11 is 0. The molecule has 0 bridgehead atoms. The number of likely N-dealkylation sites (tertiary alicyclic amines) is 1. The Hall–Kier alpha value is -0.610. The van der Waals surface area contributed by atoms with Gasteiger partial charge in [0.2, 0.25) is 5.91 Å². The topological polar surface area (TPSA) is 52.6 Å². The first kappa shape index (κ1) is 9.48. The first-order valence-electron chi connectivity index (χ1n) is 4.23. The fourth-order valence-corrected chi connectivity index (χ4v) is 1.46. The zero-order valence-electron chi connectivity index (χ0n) is 7.63. The van der Waals surface area contributed by atoms with E-state index in [-0.39, 0.29) is 5.91 Å². The van der Waals surface area contributed by atoms with Gasteiger partial charge in [-0.2, -0.15) is 0 Å². The van der Waals surface area contributed by atoms with Crippen LogP contribution in [-0.4, -0.2) is 48.2 Å². The fourth-order valence-electron chi connectivity index (χ4n) is 1.46. The molecule has 4 heteroatoms. The Bertz CT molecular complexity index is 176. The molecule has 1 rings (SSSR count). The number of carbonyl (C=O) groups is 1. The summed E-state index contributed by atoms with van der Waals surface area (Å²) in [5.74, 6) is -0.00187. The molecule has 70 valence electrons. The molecular weight excluding hydrogens is 156 g/mol. The van der Waals surface area contributed by atoms with E-state index >= 15 is 0 Å². The molecule has 0 aromatic heterocycles. The van der Waals surface area contributed by atoms with Crippen molar-refractivity contribution in [2.24, 2.45) is 0 Å². The summed E-state index contributed by atoms with van der Waals surface area (Å²) in [6.45, 7) is 3.48. The molecule has 0 spiro atoms. The Morgan fingerprint density at radius 3 is 2.67 bits per heavy atom. The van der Waals surface area contributed by atoms with E-state index in [1.807, 2.05) is 11.9 Å². The third kappa shape index (κ3) is 2.19. The van der Waals surface area contributed by atoms with Crippen LogP contribution in [0.1, 0.15) is 13.3 Å². The lowest BCUT2D eigenvalue weighted by Crippen LogP contribution is -2.64. The fraction of sp³-hybridized carbons (Fsp3) is 0.875. The van der Waals surface area contributed by atoms with Crippen molar-refractivity contribution < 1.29 is 9.90 Å². The standard InChI is InChI=1S/C8H16N2O2/c1-3-7(11)9-4-8(12)5-10(2)6-8/h12H,3-6H2,1-2H3,(H,9,11). The first-order chi connectivity index (χ1) is 5.56. The van der Waals surface area contributed by atoms with Crippen molar-refractivity contribution in [2.75, 3.05) is 26.7 Å². The molecule has 2 N–H and O–H groups in total. The van der Waals surface area contributed by atoms with E-state index in [0.29, 0.717) is 26.1 Å². The largest absolute Gasteiger partial charge is 0.385 e. The number of carbonyl (C=O) groups excluding carboxylic acids is 1. The van der Waals surface area contributed by atoms with Crippen LogP contribution in [0.4, 0.5) is 0 Å². The van der Waals surface area contributed by atoms with Crippen molar-refractivity contribution in [2.45, 2.75) is 18.9 Å². The number of aliphatic hydroxyl groups is 1. The summed E-state index contributed by atoms with van der Waals surface area (Å²) in [7, 11) is 1.94. The molecule has 1 heterocycles. The zero-order chi connectivity index (χ0) is 9.19. The van der Waals surface area contributed by atoms with Gasteiger partial charge >= 0.3 is 0 Å². The second-order valence-corrected chi connectivity index (χ2v) is 3.53. The molecule has 0 unspecified atom stereocenters. The Kier molecular flexibility index (Phi) is 2.69. The highest BCUT2D eigenvalue weighted by molar-refractivity contribution is 5.75. The Labute approximate surface area is 72.6 Å². The van der Waals surface area contributed by atoms with Crippen LogP contribution < -0.4 is 5.32 Å². The maximum Gasteiger partial charge on any atom is 0.219 e. The van der Waals surface area contributed by atoms with Crippen molar-refractivity contribution in [1.29, 1.82) is 0 Å². The predicted octanol–water partition coefficient (Wildman–Crippen LogP) is -0.811. The lowest BCUT2D eigenvalue weighted by Gasteiger charge is -2.44. The molecule has 4 nitrogen and oxygen atoms in total. The highest BCUT2D eigenvalue weighted by Crippen LogP contribution is 2.17. The summed E-state index contributed by atoms with van der Waals surface area (Å²) in [6.07, 6.45) is 0.478. The van der Waals surface area contributed by atoms with E-state index in [1.165, 1.54) is 0 Å². The Morgan fingerprint density at radius 1 is 1.67 bits per heavy atom. The van der Waals surface area contributed by atoms with Gasteiger partial charge in [-0.15, -0.1) is 0 Å². The maximum atomic E-state index is 10.8. The Balaban J connectivity index is 2.19. The monoisotopic (exact) mass is 172 g/mol. The molecule has 0 atom stereocenters. The van der Waals surface area contributed by atoms with Crippen LogP contribution in [0.3, 0.4) is 0 Å². The van der Waals surface area contributed by atoms with Gasteiger partial charge < -0.3 is 15.3 Å². The highest BCUT2D eigenvalue weighted by atomic mass is 16.3. The predicted molar refractivity (Wildman–Crippen MR) is 45.7 cm³/mol. The lowest BCUT2D eigenvalue weighted by atomic mass is 9.95. The molecule has 1 amide bonds. The average Bonchev–Trinajstić information content (AvgIpc) is 1.98. The lowest BCUT2D eigenvalue weighted by molar-refractivity contribution is -0.125. The minimum Gasteiger partial charge on any atom is -0.385 e. The molecule has 1 aliphatic heterocycles. The summed E-state index contributed by atoms with van der Waals surface area (Å²) in [5.41, 5.74) is -0.681. The van der Waals surface area contributed by atoms with Crippen LogP contribution >= 0.6 is 0 Å². The van der Waals surface area contributed by atoms with Gasteiger partial charge in [0.25, 0.3) is 0 Å². The zero-order valence-corrected chi connectivity index (χ0v) is 7.63. The van der Waals surface area contributed by atoms with Gasteiger partial charge in [-0.1, -0.05) is 6.92 Å². The Morgan fingerprint density at radius 2 is 2.25 bits per heavy atom. The van der Waals surface area contributed by atoms with Gasteiger partial charge in [0.1, 0.15) is 5.60 Å². The van der Waals surface area contributed by atoms with E-state index in [0.717, 1.165) is 0 Å². The van der Waals surface area contributed by atoms with Crippen molar-refractivity contribution in [3.8, 4) is 0 Å². The minimum atomic E-state index is -0.681. The van der Waals surface area contributed by atoms with Gasteiger partial charge in [-0.3, -0.25) is 4.79 Å². The van der Waals surface area contributed by atoms with Crippen LogP contribution in [0.25, 0.3) is 0 Å². The molecule has 1 fully saturated rings. The maximum absolute atomic E-state index is 10.8. The second-order valence-electron chi connectivity index (χ2n) is 3.53. The average molecular weight is 172 g/mol. The SMILES string of the molecule is CCC(=O)NCC1(O)CN(C)C1. The number of nitrogens with zero attached hydrogens (tertiary/aromatic N) is 1. The molecule has 12 heavy (non-hydrogen) atoms. The van der Waals surface area contributed by atoms with Gasteiger partial charge in [-0.05, 0) is 7.05 Å². The van der Waals surface area contributed by atoms with Gasteiger partial charge in [-0.25, -0.2) is 0 Å². The summed E-state index contributed by atoms with van der Waals surface area (Å²) in [5, 5.41) is 12.3. The van der Waals surface area contributed by atoms with Crippen molar-refractivity contribution in [3.63, 3.8) is 0 Å². The number of likely N-dealkylation sites (N-methyl/N-ethyl adjacent to an activating group) is 1. The molecular formula is C8H16N2O2. The second kappa shape index (κ2) is 3.41. The number of nitrogens with one attached hydrogen (secondary N) is 1. The molecule has 0 saturated carbocycles. The summed E-state index contributed by atoms with van der Waals surface area (Å²) < 4.78 is 0. The van der Waals surface area contributed by atoms with Crippen LogP contribution in [0.2, 0.25) is 0 Å². The molecule has 0 aromatic carbocycles. The van der Waals surface area contributed by atoms with Crippen molar-refractivity contribution >= 4 is 5.91 Å².